The number of nitrogens with zero attached hydrogens (tertiary/aromatic N) is 3. The van der Waals surface area contributed by atoms with Gasteiger partial charge in [0.05, 0.1) is 18.4 Å². The fourth-order valence-electron chi connectivity index (χ4n) is 3.25. The third-order valence-electron chi connectivity index (χ3n) is 4.92. The second kappa shape index (κ2) is 9.56. The van der Waals surface area contributed by atoms with E-state index in [2.05, 4.69) is 15.4 Å². The Bertz CT molecular complexity index is 1290. The molecule has 0 fully saturated rings. The van der Waals surface area contributed by atoms with E-state index in [4.69, 9.17) is 16.3 Å². The van der Waals surface area contributed by atoms with E-state index in [0.29, 0.717) is 16.9 Å². The number of anilines is 1. The third-order valence-corrected chi connectivity index (χ3v) is 5.37. The van der Waals surface area contributed by atoms with Gasteiger partial charge in [0.15, 0.2) is 5.82 Å². The standard InChI is InChI=1S/C24H18ClF3N4O2/c1-34-23-30-21(16-8-5-9-17(14-16)24(26,27)28)32(31-23)19-12-10-18(11-13-19)29-22(33)20(25)15-6-3-2-4-7-15/h2-14,20H,1H3,(H,29,33). The normalized spacial score (nSPS) is 12.3. The number of ether oxygens (including phenoxy) is 1. The number of benzene rings is 3. The highest BCUT2D eigenvalue weighted by molar-refractivity contribution is 6.32. The van der Waals surface area contributed by atoms with Crippen LogP contribution in [0.2, 0.25) is 0 Å². The molecule has 4 aromatic rings. The zero-order valence-electron chi connectivity index (χ0n) is 17.8. The minimum atomic E-state index is -4.50. The lowest BCUT2D eigenvalue weighted by Crippen LogP contribution is -2.17. The zero-order valence-corrected chi connectivity index (χ0v) is 18.5. The van der Waals surface area contributed by atoms with E-state index in [-0.39, 0.29) is 17.4 Å². The molecule has 0 saturated carbocycles. The van der Waals surface area contributed by atoms with Gasteiger partial charge in [-0.1, -0.05) is 42.5 Å². The number of carbonyl (C=O) groups excluding carboxylic acids is 1. The molecule has 0 spiro atoms. The van der Waals surface area contributed by atoms with E-state index in [1.807, 2.05) is 6.07 Å². The molecule has 0 radical (unpaired) electrons. The number of nitrogens with one attached hydrogen (secondary N) is 1. The molecule has 0 saturated heterocycles. The quantitative estimate of drug-likeness (QED) is 0.345. The zero-order chi connectivity index (χ0) is 24.3. The van der Waals surface area contributed by atoms with E-state index in [1.54, 1.807) is 48.5 Å². The summed E-state index contributed by atoms with van der Waals surface area (Å²) < 4.78 is 46.0. The molecule has 1 heterocycles. The molecule has 0 aliphatic rings. The van der Waals surface area contributed by atoms with Crippen LogP contribution in [-0.2, 0) is 11.0 Å². The van der Waals surface area contributed by atoms with E-state index in [0.717, 1.165) is 12.1 Å². The largest absolute Gasteiger partial charge is 0.466 e. The summed E-state index contributed by atoms with van der Waals surface area (Å²) >= 11 is 6.26. The van der Waals surface area contributed by atoms with E-state index < -0.39 is 23.0 Å². The molecule has 6 nitrogen and oxygen atoms in total. The van der Waals surface area contributed by atoms with E-state index in [1.165, 1.54) is 23.9 Å². The van der Waals surface area contributed by atoms with Crippen molar-refractivity contribution in [3.63, 3.8) is 0 Å². The van der Waals surface area contributed by atoms with Gasteiger partial charge in [0, 0.05) is 11.3 Å². The first-order valence-corrected chi connectivity index (χ1v) is 10.5. The highest BCUT2D eigenvalue weighted by atomic mass is 35.5. The Hall–Kier alpha value is -3.85. The molecule has 4 rings (SSSR count). The highest BCUT2D eigenvalue weighted by Gasteiger charge is 2.31. The van der Waals surface area contributed by atoms with Crippen molar-refractivity contribution in [2.75, 3.05) is 12.4 Å². The Morgan fingerprint density at radius 2 is 1.74 bits per heavy atom. The summed E-state index contributed by atoms with van der Waals surface area (Å²) in [6, 6.07) is 20.3. The van der Waals surface area contributed by atoms with E-state index in [9.17, 15) is 18.0 Å². The average molecular weight is 487 g/mol. The molecule has 0 aliphatic carbocycles. The molecule has 0 bridgehead atoms. The summed E-state index contributed by atoms with van der Waals surface area (Å²) in [5.41, 5.74) is 1.08. The monoisotopic (exact) mass is 486 g/mol. The van der Waals surface area contributed by atoms with Gasteiger partial charge in [0.2, 0.25) is 5.91 Å². The van der Waals surface area contributed by atoms with Crippen molar-refractivity contribution in [1.82, 2.24) is 14.8 Å². The number of hydrogen-bond donors (Lipinski definition) is 1. The van der Waals surface area contributed by atoms with Gasteiger partial charge in [-0.2, -0.15) is 18.2 Å². The maximum Gasteiger partial charge on any atom is 0.416 e. The summed E-state index contributed by atoms with van der Waals surface area (Å²) in [5, 5.41) is 6.09. The third kappa shape index (κ3) is 5.04. The van der Waals surface area contributed by atoms with Crippen LogP contribution in [0.15, 0.2) is 78.9 Å². The van der Waals surface area contributed by atoms with Gasteiger partial charge in [-0.25, -0.2) is 4.68 Å². The number of halogens is 4. The van der Waals surface area contributed by atoms with Crippen molar-refractivity contribution in [3.05, 3.63) is 90.0 Å². The highest BCUT2D eigenvalue weighted by Crippen LogP contribution is 2.33. The molecular formula is C24H18ClF3N4O2. The Morgan fingerprint density at radius 3 is 2.38 bits per heavy atom. The summed E-state index contributed by atoms with van der Waals surface area (Å²) in [6.45, 7) is 0. The maximum atomic E-state index is 13.2. The maximum absolute atomic E-state index is 13.2. The smallest absolute Gasteiger partial charge is 0.416 e. The molecule has 174 valence electrons. The van der Waals surface area contributed by atoms with Crippen molar-refractivity contribution < 1.29 is 22.7 Å². The predicted octanol–water partition coefficient (Wildman–Crippen LogP) is 5.88. The molecule has 1 unspecified atom stereocenters. The summed E-state index contributed by atoms with van der Waals surface area (Å²) in [4.78, 5) is 16.7. The van der Waals surface area contributed by atoms with Crippen LogP contribution in [0.25, 0.3) is 17.1 Å². The summed E-state index contributed by atoms with van der Waals surface area (Å²) in [6.07, 6.45) is -4.50. The second-order valence-corrected chi connectivity index (χ2v) is 7.66. The van der Waals surface area contributed by atoms with E-state index >= 15 is 0 Å². The number of amides is 1. The molecule has 1 aromatic heterocycles. The van der Waals surface area contributed by atoms with Gasteiger partial charge in [-0.15, -0.1) is 16.7 Å². The number of methoxy groups -OCH3 is 1. The molecule has 1 amide bonds. The SMILES string of the molecule is COc1nc(-c2cccc(C(F)(F)F)c2)n(-c2ccc(NC(=O)C(Cl)c3ccccc3)cc2)n1. The lowest BCUT2D eigenvalue weighted by molar-refractivity contribution is -0.137. The fourth-order valence-corrected chi connectivity index (χ4v) is 3.45. The van der Waals surface area contributed by atoms with Crippen LogP contribution in [0.1, 0.15) is 16.5 Å². The minimum Gasteiger partial charge on any atom is -0.466 e. The fraction of sp³-hybridized carbons (Fsp3) is 0.125. The van der Waals surface area contributed by atoms with Crippen LogP contribution < -0.4 is 10.1 Å². The van der Waals surface area contributed by atoms with Crippen molar-refractivity contribution in [3.8, 4) is 23.1 Å². The molecular weight excluding hydrogens is 469 g/mol. The first-order valence-electron chi connectivity index (χ1n) is 10.1. The number of aromatic nitrogens is 3. The van der Waals surface area contributed by atoms with Crippen molar-refractivity contribution in [1.29, 1.82) is 0 Å². The number of rotatable bonds is 6. The number of carbonyl (C=O) groups is 1. The topological polar surface area (TPSA) is 69.0 Å². The number of alkyl halides is 4. The van der Waals surface area contributed by atoms with Crippen LogP contribution in [0, 0.1) is 0 Å². The first kappa shape index (κ1) is 23.3. The van der Waals surface area contributed by atoms with Gasteiger partial charge in [0.25, 0.3) is 0 Å². The van der Waals surface area contributed by atoms with Crippen LogP contribution in [0.4, 0.5) is 18.9 Å². The molecule has 1 N–H and O–H groups in total. The molecule has 0 aliphatic heterocycles. The minimum absolute atomic E-state index is 0.00219. The molecule has 3 aromatic carbocycles. The van der Waals surface area contributed by atoms with Crippen LogP contribution in [0.5, 0.6) is 6.01 Å². The van der Waals surface area contributed by atoms with Gasteiger partial charge >= 0.3 is 12.2 Å². The second-order valence-electron chi connectivity index (χ2n) is 7.22. The molecule has 10 heteroatoms. The van der Waals surface area contributed by atoms with Crippen molar-refractivity contribution in [2.24, 2.45) is 0 Å². The van der Waals surface area contributed by atoms with Crippen molar-refractivity contribution in [2.45, 2.75) is 11.6 Å². The summed E-state index contributed by atoms with van der Waals surface area (Å²) in [5.74, 6) is -0.225. The summed E-state index contributed by atoms with van der Waals surface area (Å²) in [7, 11) is 1.36. The van der Waals surface area contributed by atoms with Crippen LogP contribution in [0.3, 0.4) is 0 Å². The van der Waals surface area contributed by atoms with Crippen LogP contribution in [-0.4, -0.2) is 27.8 Å². The average Bonchev–Trinajstić information content (AvgIpc) is 3.29. The van der Waals surface area contributed by atoms with Gasteiger partial charge in [-0.3, -0.25) is 4.79 Å². The Kier molecular flexibility index (Phi) is 6.56. The molecule has 1 atom stereocenters. The van der Waals surface area contributed by atoms with Crippen molar-refractivity contribution >= 4 is 23.2 Å². The lowest BCUT2D eigenvalue weighted by Gasteiger charge is -2.12. The Morgan fingerprint density at radius 1 is 1.03 bits per heavy atom. The van der Waals surface area contributed by atoms with Gasteiger partial charge in [0.1, 0.15) is 5.38 Å². The number of hydrogen-bond acceptors (Lipinski definition) is 4. The Labute approximate surface area is 198 Å². The van der Waals surface area contributed by atoms with Gasteiger partial charge < -0.3 is 10.1 Å². The Balaban J connectivity index is 1.60. The predicted molar refractivity (Wildman–Crippen MR) is 122 cm³/mol. The first-order chi connectivity index (χ1) is 16.3. The van der Waals surface area contributed by atoms with Gasteiger partial charge in [-0.05, 0) is 42.0 Å². The lowest BCUT2D eigenvalue weighted by atomic mass is 10.1. The molecule has 34 heavy (non-hydrogen) atoms. The van der Waals surface area contributed by atoms with Crippen LogP contribution >= 0.6 is 11.6 Å².